The third-order valence-electron chi connectivity index (χ3n) is 5.47. The Morgan fingerprint density at radius 2 is 1.59 bits per heavy atom. The molecule has 162 valence electrons. The van der Waals surface area contributed by atoms with E-state index in [9.17, 15) is 14.0 Å². The summed E-state index contributed by atoms with van der Waals surface area (Å²) >= 11 is 0. The zero-order chi connectivity index (χ0) is 23.0. The van der Waals surface area contributed by atoms with Gasteiger partial charge in [-0.3, -0.25) is 9.59 Å². The van der Waals surface area contributed by atoms with Crippen LogP contribution in [0.15, 0.2) is 72.4 Å². The van der Waals surface area contributed by atoms with Gasteiger partial charge in [0.05, 0.1) is 11.3 Å². The first-order valence-corrected chi connectivity index (χ1v) is 10.3. The fraction of sp³-hybridized carbons (Fsp3) is 0.154. The number of nitrogens with zero attached hydrogens (tertiary/aromatic N) is 2. The highest BCUT2D eigenvalue weighted by Crippen LogP contribution is 2.35. The van der Waals surface area contributed by atoms with E-state index < -0.39 is 17.6 Å². The van der Waals surface area contributed by atoms with Crippen molar-refractivity contribution in [1.29, 1.82) is 0 Å². The van der Waals surface area contributed by atoms with Gasteiger partial charge < -0.3 is 10.2 Å². The molecular weight excluding hydrogens is 405 g/mol. The zero-order valence-electron chi connectivity index (χ0n) is 18.4. The minimum absolute atomic E-state index is 0.172. The highest BCUT2D eigenvalue weighted by molar-refractivity contribution is 6.46. The van der Waals surface area contributed by atoms with Crippen molar-refractivity contribution in [3.8, 4) is 0 Å². The van der Waals surface area contributed by atoms with Gasteiger partial charge in [0.2, 0.25) is 0 Å². The molecule has 0 unspecified atom stereocenters. The van der Waals surface area contributed by atoms with Crippen molar-refractivity contribution in [2.75, 3.05) is 29.2 Å². The summed E-state index contributed by atoms with van der Waals surface area (Å²) in [5.74, 6) is -1.32. The van der Waals surface area contributed by atoms with Gasteiger partial charge in [0.15, 0.2) is 0 Å². The first-order chi connectivity index (χ1) is 15.3. The van der Waals surface area contributed by atoms with Gasteiger partial charge in [0, 0.05) is 25.5 Å². The van der Waals surface area contributed by atoms with Crippen LogP contribution in [0.5, 0.6) is 0 Å². The first-order valence-electron chi connectivity index (χ1n) is 10.3. The monoisotopic (exact) mass is 429 g/mol. The SMILES string of the molecule is Cc1ccc(C)c(NC2=C(c3ccc(F)cc3)C(=O)N(c3cccc(N(C)C)c3)C2=O)c1. The summed E-state index contributed by atoms with van der Waals surface area (Å²) in [6.07, 6.45) is 0. The summed E-state index contributed by atoms with van der Waals surface area (Å²) < 4.78 is 13.6. The molecule has 1 N–H and O–H groups in total. The number of rotatable bonds is 5. The minimum Gasteiger partial charge on any atom is -0.378 e. The average Bonchev–Trinajstić information content (AvgIpc) is 3.01. The second-order valence-electron chi connectivity index (χ2n) is 8.06. The number of hydrogen-bond donors (Lipinski definition) is 1. The Kier molecular flexibility index (Phi) is 5.53. The van der Waals surface area contributed by atoms with Crippen molar-refractivity contribution in [3.05, 3.63) is 94.9 Å². The van der Waals surface area contributed by atoms with Crippen LogP contribution in [0.1, 0.15) is 16.7 Å². The number of aryl methyl sites for hydroxylation is 2. The van der Waals surface area contributed by atoms with E-state index >= 15 is 0 Å². The molecule has 0 aromatic heterocycles. The van der Waals surface area contributed by atoms with Crippen molar-refractivity contribution in [2.24, 2.45) is 0 Å². The van der Waals surface area contributed by atoms with Crippen LogP contribution in [0.3, 0.4) is 0 Å². The van der Waals surface area contributed by atoms with Crippen molar-refractivity contribution >= 4 is 34.4 Å². The number of benzene rings is 3. The second kappa shape index (κ2) is 8.30. The number of carbonyl (C=O) groups excluding carboxylic acids is 2. The van der Waals surface area contributed by atoms with Gasteiger partial charge >= 0.3 is 0 Å². The molecule has 1 heterocycles. The van der Waals surface area contributed by atoms with Gasteiger partial charge in [-0.1, -0.05) is 30.3 Å². The highest BCUT2D eigenvalue weighted by Gasteiger charge is 2.40. The minimum atomic E-state index is -0.453. The van der Waals surface area contributed by atoms with Crippen molar-refractivity contribution in [1.82, 2.24) is 0 Å². The molecule has 0 bridgehead atoms. The summed E-state index contributed by atoms with van der Waals surface area (Å²) in [6.45, 7) is 3.89. The van der Waals surface area contributed by atoms with Crippen LogP contribution in [0.25, 0.3) is 5.57 Å². The average molecular weight is 429 g/mol. The highest BCUT2D eigenvalue weighted by atomic mass is 19.1. The quantitative estimate of drug-likeness (QED) is 0.586. The Morgan fingerprint density at radius 1 is 0.875 bits per heavy atom. The maximum Gasteiger partial charge on any atom is 0.282 e. The lowest BCUT2D eigenvalue weighted by Gasteiger charge is -2.19. The van der Waals surface area contributed by atoms with E-state index in [2.05, 4.69) is 5.32 Å². The molecule has 2 amide bonds. The van der Waals surface area contributed by atoms with Crippen molar-refractivity contribution < 1.29 is 14.0 Å². The number of nitrogens with one attached hydrogen (secondary N) is 1. The van der Waals surface area contributed by atoms with Crippen LogP contribution in [-0.2, 0) is 9.59 Å². The first kappa shape index (κ1) is 21.3. The summed E-state index contributed by atoms with van der Waals surface area (Å²) in [6, 6.07) is 18.7. The molecular formula is C26H24FN3O2. The Hall–Kier alpha value is -3.93. The molecule has 0 saturated heterocycles. The van der Waals surface area contributed by atoms with Gasteiger partial charge in [-0.05, 0) is 66.9 Å². The fourth-order valence-electron chi connectivity index (χ4n) is 3.68. The summed E-state index contributed by atoms with van der Waals surface area (Å²) in [4.78, 5) is 30.1. The smallest absolute Gasteiger partial charge is 0.282 e. The molecule has 0 atom stereocenters. The third kappa shape index (κ3) is 3.87. The molecule has 5 nitrogen and oxygen atoms in total. The Labute approximate surface area is 186 Å². The van der Waals surface area contributed by atoms with Gasteiger partial charge in [0.1, 0.15) is 11.5 Å². The van der Waals surface area contributed by atoms with Crippen LogP contribution >= 0.6 is 0 Å². The Bertz CT molecular complexity index is 1250. The molecule has 1 aliphatic heterocycles. The zero-order valence-corrected chi connectivity index (χ0v) is 18.4. The molecule has 1 aliphatic rings. The number of imide groups is 1. The maximum absolute atomic E-state index is 13.6. The number of amides is 2. The van der Waals surface area contributed by atoms with Gasteiger partial charge in [-0.2, -0.15) is 0 Å². The van der Waals surface area contributed by atoms with Crippen molar-refractivity contribution in [2.45, 2.75) is 13.8 Å². The molecule has 0 saturated carbocycles. The number of halogens is 1. The predicted molar refractivity (Wildman–Crippen MR) is 126 cm³/mol. The lowest BCUT2D eigenvalue weighted by molar-refractivity contribution is -0.120. The van der Waals surface area contributed by atoms with E-state index in [1.165, 1.54) is 29.2 Å². The molecule has 0 spiro atoms. The summed E-state index contributed by atoms with van der Waals surface area (Å²) in [5, 5.41) is 3.19. The van der Waals surface area contributed by atoms with E-state index in [4.69, 9.17) is 0 Å². The summed E-state index contributed by atoms with van der Waals surface area (Å²) in [7, 11) is 3.78. The van der Waals surface area contributed by atoms with Crippen LogP contribution < -0.4 is 15.1 Å². The second-order valence-corrected chi connectivity index (χ2v) is 8.06. The molecule has 6 heteroatoms. The van der Waals surface area contributed by atoms with Gasteiger partial charge in [0.25, 0.3) is 11.8 Å². The normalized spacial score (nSPS) is 13.7. The van der Waals surface area contributed by atoms with Crippen LogP contribution in [-0.4, -0.2) is 25.9 Å². The molecule has 3 aromatic rings. The molecule has 4 rings (SSSR count). The molecule has 3 aromatic carbocycles. The lowest BCUT2D eigenvalue weighted by atomic mass is 10.0. The Balaban J connectivity index is 1.84. The van der Waals surface area contributed by atoms with Gasteiger partial charge in [-0.25, -0.2) is 9.29 Å². The van der Waals surface area contributed by atoms with E-state index in [0.717, 1.165) is 22.5 Å². The van der Waals surface area contributed by atoms with Crippen LogP contribution in [0, 0.1) is 19.7 Å². The molecule has 0 aliphatic carbocycles. The topological polar surface area (TPSA) is 52.7 Å². The molecule has 0 radical (unpaired) electrons. The largest absolute Gasteiger partial charge is 0.378 e. The van der Waals surface area contributed by atoms with Crippen LogP contribution in [0.4, 0.5) is 21.5 Å². The number of hydrogen-bond acceptors (Lipinski definition) is 4. The molecule has 0 fully saturated rings. The van der Waals surface area contributed by atoms with E-state index in [0.29, 0.717) is 11.3 Å². The standard InChI is InChI=1S/C26H24FN3O2/c1-16-8-9-17(2)22(14-16)28-24-23(18-10-12-19(27)13-11-18)25(31)30(26(24)32)21-7-5-6-20(15-21)29(3)4/h5-15,28H,1-4H3. The number of carbonyl (C=O) groups is 2. The van der Waals surface area contributed by atoms with E-state index in [-0.39, 0.29) is 11.3 Å². The molecule has 32 heavy (non-hydrogen) atoms. The maximum atomic E-state index is 13.6. The lowest BCUT2D eigenvalue weighted by Crippen LogP contribution is -2.32. The fourth-order valence-corrected chi connectivity index (χ4v) is 3.68. The van der Waals surface area contributed by atoms with Crippen molar-refractivity contribution in [3.63, 3.8) is 0 Å². The third-order valence-corrected chi connectivity index (χ3v) is 5.47. The van der Waals surface area contributed by atoms with Gasteiger partial charge in [-0.15, -0.1) is 0 Å². The number of anilines is 3. The summed E-state index contributed by atoms with van der Waals surface area (Å²) in [5.41, 5.74) is 4.90. The van der Waals surface area contributed by atoms with E-state index in [1.54, 1.807) is 18.2 Å². The Morgan fingerprint density at radius 3 is 2.28 bits per heavy atom. The van der Waals surface area contributed by atoms with Crippen LogP contribution in [0.2, 0.25) is 0 Å². The van der Waals surface area contributed by atoms with E-state index in [1.807, 2.05) is 57.1 Å². The predicted octanol–water partition coefficient (Wildman–Crippen LogP) is 4.91.